The smallest absolute Gasteiger partial charge is 0.261 e. The van der Waals surface area contributed by atoms with Crippen LogP contribution in [0.1, 0.15) is 19.3 Å². The van der Waals surface area contributed by atoms with Crippen LogP contribution in [-0.2, 0) is 4.79 Å². The first kappa shape index (κ1) is 12.2. The van der Waals surface area contributed by atoms with Gasteiger partial charge in [-0.05, 0) is 47.3 Å². The summed E-state index contributed by atoms with van der Waals surface area (Å²) in [6.45, 7) is 0.726. The number of carbonyl (C=O) groups is 1. The van der Waals surface area contributed by atoms with E-state index in [0.717, 1.165) is 30.3 Å². The Balaban J connectivity index is 2.16. The fraction of sp³-hybridized carbons (Fsp3) is 0.417. The molecule has 0 aliphatic carbocycles. The highest BCUT2D eigenvalue weighted by Crippen LogP contribution is 2.32. The largest absolute Gasteiger partial charge is 0.477 e. The fourth-order valence-corrected chi connectivity index (χ4v) is 2.29. The molecule has 2 rings (SSSR count). The Hall–Kier alpha value is -1.23. The van der Waals surface area contributed by atoms with Crippen molar-refractivity contribution in [3.05, 3.63) is 22.7 Å². The van der Waals surface area contributed by atoms with Gasteiger partial charge in [0.15, 0.2) is 11.9 Å². The molecular formula is C12H15BrN2O2. The molecule has 17 heavy (non-hydrogen) atoms. The third-order valence-electron chi connectivity index (χ3n) is 2.74. The average Bonchev–Trinajstić information content (AvgIpc) is 2.49. The van der Waals surface area contributed by atoms with Crippen molar-refractivity contribution in [1.29, 1.82) is 0 Å². The van der Waals surface area contributed by atoms with Crippen molar-refractivity contribution < 1.29 is 9.53 Å². The van der Waals surface area contributed by atoms with E-state index < -0.39 is 6.10 Å². The summed E-state index contributed by atoms with van der Waals surface area (Å²) >= 11 is 3.38. The van der Waals surface area contributed by atoms with Crippen molar-refractivity contribution in [1.82, 2.24) is 5.32 Å². The number of nitrogen functional groups attached to an aromatic ring is 1. The summed E-state index contributed by atoms with van der Waals surface area (Å²) in [5, 5.41) is 2.83. The van der Waals surface area contributed by atoms with Gasteiger partial charge in [-0.1, -0.05) is 6.07 Å². The van der Waals surface area contributed by atoms with Crippen LogP contribution in [0.3, 0.4) is 0 Å². The second-order valence-corrected chi connectivity index (χ2v) is 4.91. The van der Waals surface area contributed by atoms with E-state index >= 15 is 0 Å². The predicted octanol–water partition coefficient (Wildman–Crippen LogP) is 2.08. The molecule has 4 nitrogen and oxygen atoms in total. The maximum absolute atomic E-state index is 11.7. The van der Waals surface area contributed by atoms with Gasteiger partial charge in [0.05, 0.1) is 10.2 Å². The molecule has 3 N–H and O–H groups in total. The lowest BCUT2D eigenvalue weighted by atomic mass is 10.2. The number of hydrogen-bond donors (Lipinski definition) is 2. The number of halogens is 1. The normalized spacial score (nSPS) is 20.5. The molecule has 92 valence electrons. The zero-order valence-electron chi connectivity index (χ0n) is 9.41. The molecule has 0 radical (unpaired) electrons. The molecule has 1 heterocycles. The van der Waals surface area contributed by atoms with Crippen molar-refractivity contribution >= 4 is 27.5 Å². The molecule has 1 aromatic rings. The zero-order valence-corrected chi connectivity index (χ0v) is 11.0. The number of nitrogens with one attached hydrogen (secondary N) is 1. The number of benzene rings is 1. The molecule has 1 aliphatic rings. The lowest BCUT2D eigenvalue weighted by Crippen LogP contribution is -2.36. The molecule has 0 saturated carbocycles. The number of hydrogen-bond acceptors (Lipinski definition) is 3. The van der Waals surface area contributed by atoms with Gasteiger partial charge in [0.1, 0.15) is 0 Å². The van der Waals surface area contributed by atoms with E-state index in [4.69, 9.17) is 10.5 Å². The summed E-state index contributed by atoms with van der Waals surface area (Å²) in [5.74, 6) is 0.493. The first-order chi connectivity index (χ1) is 8.18. The van der Waals surface area contributed by atoms with Crippen LogP contribution >= 0.6 is 15.9 Å². The summed E-state index contributed by atoms with van der Waals surface area (Å²) in [4.78, 5) is 11.7. The quantitative estimate of drug-likeness (QED) is 0.822. The Kier molecular flexibility index (Phi) is 3.89. The number of carbonyl (C=O) groups excluding carboxylic acids is 1. The zero-order chi connectivity index (χ0) is 12.3. The van der Waals surface area contributed by atoms with E-state index in [1.54, 1.807) is 6.07 Å². The molecule has 1 amide bonds. The summed E-state index contributed by atoms with van der Waals surface area (Å²) in [6, 6.07) is 5.44. The van der Waals surface area contributed by atoms with Crippen LogP contribution in [-0.4, -0.2) is 18.6 Å². The second-order valence-electron chi connectivity index (χ2n) is 4.05. The molecule has 0 spiro atoms. The number of rotatable bonds is 2. The third kappa shape index (κ3) is 2.91. The number of para-hydroxylation sites is 1. The molecule has 1 saturated heterocycles. The van der Waals surface area contributed by atoms with Crippen LogP contribution in [0.15, 0.2) is 22.7 Å². The molecule has 1 unspecified atom stereocenters. The molecule has 0 bridgehead atoms. The van der Waals surface area contributed by atoms with Crippen molar-refractivity contribution in [2.75, 3.05) is 12.3 Å². The monoisotopic (exact) mass is 298 g/mol. The lowest BCUT2D eigenvalue weighted by Gasteiger charge is -2.18. The van der Waals surface area contributed by atoms with Gasteiger partial charge < -0.3 is 15.8 Å². The van der Waals surface area contributed by atoms with Crippen molar-refractivity contribution in [3.8, 4) is 5.75 Å². The Morgan fingerprint density at radius 2 is 2.24 bits per heavy atom. The minimum absolute atomic E-state index is 0.0577. The first-order valence-corrected chi connectivity index (χ1v) is 6.46. The van der Waals surface area contributed by atoms with Crippen LogP contribution in [0.2, 0.25) is 0 Å². The van der Waals surface area contributed by atoms with E-state index in [1.165, 1.54) is 0 Å². The lowest BCUT2D eigenvalue weighted by molar-refractivity contribution is -0.127. The Bertz CT molecular complexity index is 403. The van der Waals surface area contributed by atoms with E-state index in [2.05, 4.69) is 21.2 Å². The van der Waals surface area contributed by atoms with Crippen molar-refractivity contribution in [2.24, 2.45) is 0 Å². The minimum Gasteiger partial charge on any atom is -0.477 e. The van der Waals surface area contributed by atoms with Crippen LogP contribution in [0.25, 0.3) is 0 Å². The van der Waals surface area contributed by atoms with Gasteiger partial charge in [-0.25, -0.2) is 0 Å². The molecule has 0 aromatic heterocycles. The summed E-state index contributed by atoms with van der Waals surface area (Å²) < 4.78 is 6.50. The first-order valence-electron chi connectivity index (χ1n) is 5.67. The standard InChI is InChI=1S/C12H15BrN2O2/c13-8-4-3-5-9(14)11(8)17-10-6-1-2-7-15-12(10)16/h3-5,10H,1-2,6-7,14H2,(H,15,16). The summed E-state index contributed by atoms with van der Waals surface area (Å²) in [6.07, 6.45) is 2.26. The Morgan fingerprint density at radius 1 is 1.41 bits per heavy atom. The highest BCUT2D eigenvalue weighted by Gasteiger charge is 2.23. The highest BCUT2D eigenvalue weighted by molar-refractivity contribution is 9.10. The highest BCUT2D eigenvalue weighted by atomic mass is 79.9. The van der Waals surface area contributed by atoms with E-state index in [0.29, 0.717) is 11.4 Å². The maximum atomic E-state index is 11.7. The van der Waals surface area contributed by atoms with Gasteiger partial charge in [0.2, 0.25) is 0 Å². The van der Waals surface area contributed by atoms with Crippen molar-refractivity contribution in [3.63, 3.8) is 0 Å². The second kappa shape index (κ2) is 5.40. The van der Waals surface area contributed by atoms with Gasteiger partial charge in [0.25, 0.3) is 5.91 Å². The van der Waals surface area contributed by atoms with Crippen LogP contribution < -0.4 is 15.8 Å². The molecular weight excluding hydrogens is 284 g/mol. The topological polar surface area (TPSA) is 64.3 Å². The van der Waals surface area contributed by atoms with Gasteiger partial charge in [-0.2, -0.15) is 0 Å². The summed E-state index contributed by atoms with van der Waals surface area (Å²) in [5.41, 5.74) is 6.37. The van der Waals surface area contributed by atoms with Crippen molar-refractivity contribution in [2.45, 2.75) is 25.4 Å². The minimum atomic E-state index is -0.446. The summed E-state index contributed by atoms with van der Waals surface area (Å²) in [7, 11) is 0. The maximum Gasteiger partial charge on any atom is 0.261 e. The van der Waals surface area contributed by atoms with Gasteiger partial charge >= 0.3 is 0 Å². The average molecular weight is 299 g/mol. The Morgan fingerprint density at radius 3 is 3.00 bits per heavy atom. The van der Waals surface area contributed by atoms with E-state index in [1.807, 2.05) is 12.1 Å². The SMILES string of the molecule is Nc1cccc(Br)c1OC1CCCCNC1=O. The fourth-order valence-electron chi connectivity index (χ4n) is 1.82. The number of anilines is 1. The number of amides is 1. The molecule has 1 aliphatic heterocycles. The third-order valence-corrected chi connectivity index (χ3v) is 3.37. The number of ether oxygens (including phenoxy) is 1. The van der Waals surface area contributed by atoms with Gasteiger partial charge in [0, 0.05) is 6.54 Å². The van der Waals surface area contributed by atoms with Gasteiger partial charge in [-0.3, -0.25) is 4.79 Å². The van der Waals surface area contributed by atoms with Crippen LogP contribution in [0.5, 0.6) is 5.75 Å². The van der Waals surface area contributed by atoms with Crippen LogP contribution in [0.4, 0.5) is 5.69 Å². The molecule has 1 atom stereocenters. The van der Waals surface area contributed by atoms with E-state index in [-0.39, 0.29) is 5.91 Å². The molecule has 1 fully saturated rings. The molecule has 5 heteroatoms. The number of nitrogens with two attached hydrogens (primary N) is 1. The van der Waals surface area contributed by atoms with Gasteiger partial charge in [-0.15, -0.1) is 0 Å². The van der Waals surface area contributed by atoms with E-state index in [9.17, 15) is 4.79 Å². The predicted molar refractivity (Wildman–Crippen MR) is 69.8 cm³/mol. The Labute approximate surface area is 109 Å². The van der Waals surface area contributed by atoms with Crippen LogP contribution in [0, 0.1) is 0 Å². The molecule has 1 aromatic carbocycles.